The van der Waals surface area contributed by atoms with Crippen molar-refractivity contribution < 1.29 is 9.90 Å². The van der Waals surface area contributed by atoms with Crippen LogP contribution in [0.3, 0.4) is 0 Å². The van der Waals surface area contributed by atoms with E-state index in [1.807, 2.05) is 20.8 Å². The molecule has 0 aromatic carbocycles. The standard InChI is InChI=1S/C7H15NO2/c1-4-6(3)8(5-2)7(9)10/h6H,4-5H2,1-3H3,(H,9,10). The summed E-state index contributed by atoms with van der Waals surface area (Å²) in [5, 5.41) is 8.60. The van der Waals surface area contributed by atoms with Crippen LogP contribution in [-0.2, 0) is 0 Å². The van der Waals surface area contributed by atoms with Gasteiger partial charge >= 0.3 is 6.09 Å². The summed E-state index contributed by atoms with van der Waals surface area (Å²) in [7, 11) is 0. The van der Waals surface area contributed by atoms with Crippen LogP contribution in [-0.4, -0.2) is 28.7 Å². The maximum absolute atomic E-state index is 10.5. The SMILES string of the molecule is CCC(C)N(CC)C(=O)O. The summed E-state index contributed by atoms with van der Waals surface area (Å²) in [5.74, 6) is 0. The Morgan fingerprint density at radius 2 is 2.10 bits per heavy atom. The average molecular weight is 145 g/mol. The van der Waals surface area contributed by atoms with E-state index in [1.54, 1.807) is 0 Å². The normalized spacial score (nSPS) is 12.7. The molecule has 0 aliphatic carbocycles. The molecule has 0 bridgehead atoms. The van der Waals surface area contributed by atoms with Crippen LogP contribution in [0.2, 0.25) is 0 Å². The number of hydrogen-bond acceptors (Lipinski definition) is 1. The Labute approximate surface area is 61.6 Å². The lowest BCUT2D eigenvalue weighted by Crippen LogP contribution is -2.36. The lowest BCUT2D eigenvalue weighted by Gasteiger charge is -2.23. The Bertz CT molecular complexity index is 114. The maximum Gasteiger partial charge on any atom is 0.407 e. The molecule has 1 atom stereocenters. The molecule has 10 heavy (non-hydrogen) atoms. The van der Waals surface area contributed by atoms with Gasteiger partial charge < -0.3 is 10.0 Å². The molecule has 0 aromatic heterocycles. The van der Waals surface area contributed by atoms with E-state index < -0.39 is 6.09 Å². The molecule has 0 saturated carbocycles. The van der Waals surface area contributed by atoms with Crippen LogP contribution in [0.4, 0.5) is 4.79 Å². The molecule has 0 aliphatic rings. The van der Waals surface area contributed by atoms with Crippen molar-refractivity contribution in [2.45, 2.75) is 33.2 Å². The quantitative estimate of drug-likeness (QED) is 0.657. The maximum atomic E-state index is 10.5. The largest absolute Gasteiger partial charge is 0.465 e. The summed E-state index contributed by atoms with van der Waals surface area (Å²) < 4.78 is 0. The molecule has 0 aliphatic heterocycles. The van der Waals surface area contributed by atoms with Crippen LogP contribution in [0.25, 0.3) is 0 Å². The van der Waals surface area contributed by atoms with Gasteiger partial charge in [0.1, 0.15) is 0 Å². The van der Waals surface area contributed by atoms with Gasteiger partial charge in [0.25, 0.3) is 0 Å². The second-order valence-electron chi connectivity index (χ2n) is 2.33. The van der Waals surface area contributed by atoms with E-state index in [4.69, 9.17) is 5.11 Å². The lowest BCUT2D eigenvalue weighted by molar-refractivity contribution is 0.130. The number of carbonyl (C=O) groups is 1. The molecule has 0 spiro atoms. The van der Waals surface area contributed by atoms with Gasteiger partial charge in [0.15, 0.2) is 0 Å². The number of rotatable bonds is 3. The minimum Gasteiger partial charge on any atom is -0.465 e. The van der Waals surface area contributed by atoms with E-state index in [-0.39, 0.29) is 6.04 Å². The van der Waals surface area contributed by atoms with E-state index in [2.05, 4.69) is 0 Å². The Balaban J connectivity index is 3.92. The molecule has 3 nitrogen and oxygen atoms in total. The third kappa shape index (κ3) is 2.25. The van der Waals surface area contributed by atoms with Gasteiger partial charge in [-0.15, -0.1) is 0 Å². The van der Waals surface area contributed by atoms with Crippen molar-refractivity contribution in [2.75, 3.05) is 6.54 Å². The van der Waals surface area contributed by atoms with Gasteiger partial charge in [-0.25, -0.2) is 4.79 Å². The fourth-order valence-electron chi connectivity index (χ4n) is 0.856. The van der Waals surface area contributed by atoms with Gasteiger partial charge in [0, 0.05) is 12.6 Å². The minimum absolute atomic E-state index is 0.141. The molecule has 1 amide bonds. The van der Waals surface area contributed by atoms with Gasteiger partial charge in [-0.05, 0) is 20.3 Å². The summed E-state index contributed by atoms with van der Waals surface area (Å²) in [5.41, 5.74) is 0. The number of amides is 1. The number of hydrogen-bond donors (Lipinski definition) is 1. The Morgan fingerprint density at radius 1 is 1.60 bits per heavy atom. The number of nitrogens with zero attached hydrogens (tertiary/aromatic N) is 1. The van der Waals surface area contributed by atoms with Crippen molar-refractivity contribution in [3.05, 3.63) is 0 Å². The Kier molecular flexibility index (Phi) is 3.84. The van der Waals surface area contributed by atoms with Crippen molar-refractivity contribution in [1.82, 2.24) is 4.90 Å². The fourth-order valence-corrected chi connectivity index (χ4v) is 0.856. The number of carboxylic acid groups (broad SMARTS) is 1. The van der Waals surface area contributed by atoms with E-state index in [0.29, 0.717) is 6.54 Å². The Morgan fingerprint density at radius 3 is 2.20 bits per heavy atom. The topological polar surface area (TPSA) is 40.5 Å². The first kappa shape index (κ1) is 9.27. The predicted octanol–water partition coefficient (Wildman–Crippen LogP) is 1.78. The highest BCUT2D eigenvalue weighted by Crippen LogP contribution is 2.02. The van der Waals surface area contributed by atoms with E-state index in [1.165, 1.54) is 4.90 Å². The molecule has 0 rings (SSSR count). The van der Waals surface area contributed by atoms with Crippen molar-refractivity contribution in [2.24, 2.45) is 0 Å². The summed E-state index contributed by atoms with van der Waals surface area (Å²) >= 11 is 0. The van der Waals surface area contributed by atoms with Gasteiger partial charge in [0.2, 0.25) is 0 Å². The van der Waals surface area contributed by atoms with Gasteiger partial charge in [-0.3, -0.25) is 0 Å². The van der Waals surface area contributed by atoms with E-state index in [9.17, 15) is 4.79 Å². The van der Waals surface area contributed by atoms with E-state index in [0.717, 1.165) is 6.42 Å². The van der Waals surface area contributed by atoms with E-state index >= 15 is 0 Å². The zero-order chi connectivity index (χ0) is 8.15. The molecule has 60 valence electrons. The van der Waals surface area contributed by atoms with Crippen LogP contribution < -0.4 is 0 Å². The van der Waals surface area contributed by atoms with Crippen LogP contribution >= 0.6 is 0 Å². The first-order chi connectivity index (χ1) is 4.63. The van der Waals surface area contributed by atoms with Crippen molar-refractivity contribution >= 4 is 6.09 Å². The highest BCUT2D eigenvalue weighted by molar-refractivity contribution is 5.65. The smallest absolute Gasteiger partial charge is 0.407 e. The van der Waals surface area contributed by atoms with Crippen LogP contribution in [0, 0.1) is 0 Å². The summed E-state index contributed by atoms with van der Waals surface area (Å²) in [4.78, 5) is 11.9. The Hall–Kier alpha value is -0.730. The monoisotopic (exact) mass is 145 g/mol. The van der Waals surface area contributed by atoms with Gasteiger partial charge in [-0.1, -0.05) is 6.92 Å². The third-order valence-corrected chi connectivity index (χ3v) is 1.71. The fraction of sp³-hybridized carbons (Fsp3) is 0.857. The first-order valence-corrected chi connectivity index (χ1v) is 3.63. The van der Waals surface area contributed by atoms with Crippen molar-refractivity contribution in [3.8, 4) is 0 Å². The molecule has 3 heteroatoms. The predicted molar refractivity (Wildman–Crippen MR) is 40.2 cm³/mol. The second-order valence-corrected chi connectivity index (χ2v) is 2.33. The summed E-state index contributed by atoms with van der Waals surface area (Å²) in [6.45, 7) is 6.32. The second kappa shape index (κ2) is 4.14. The molecule has 0 saturated heterocycles. The van der Waals surface area contributed by atoms with Crippen molar-refractivity contribution in [1.29, 1.82) is 0 Å². The van der Waals surface area contributed by atoms with Crippen molar-refractivity contribution in [3.63, 3.8) is 0 Å². The average Bonchev–Trinajstić information content (AvgIpc) is 1.88. The van der Waals surface area contributed by atoms with Gasteiger partial charge in [-0.2, -0.15) is 0 Å². The van der Waals surface area contributed by atoms with Gasteiger partial charge in [0.05, 0.1) is 0 Å². The molecular formula is C7H15NO2. The lowest BCUT2D eigenvalue weighted by atomic mass is 10.2. The highest BCUT2D eigenvalue weighted by Gasteiger charge is 2.14. The zero-order valence-corrected chi connectivity index (χ0v) is 6.79. The molecule has 1 N–H and O–H groups in total. The first-order valence-electron chi connectivity index (χ1n) is 3.63. The molecular weight excluding hydrogens is 130 g/mol. The third-order valence-electron chi connectivity index (χ3n) is 1.71. The molecule has 0 radical (unpaired) electrons. The zero-order valence-electron chi connectivity index (χ0n) is 6.79. The van der Waals surface area contributed by atoms with Crippen LogP contribution in [0.5, 0.6) is 0 Å². The summed E-state index contributed by atoms with van der Waals surface area (Å²) in [6, 6.07) is 0.141. The minimum atomic E-state index is -0.822. The highest BCUT2D eigenvalue weighted by atomic mass is 16.4. The summed E-state index contributed by atoms with van der Waals surface area (Å²) in [6.07, 6.45) is 0.0528. The van der Waals surface area contributed by atoms with Crippen LogP contribution in [0.15, 0.2) is 0 Å². The van der Waals surface area contributed by atoms with Crippen LogP contribution in [0.1, 0.15) is 27.2 Å². The molecule has 0 aromatic rings. The molecule has 0 fully saturated rings. The molecule has 1 unspecified atom stereocenters. The molecule has 0 heterocycles.